The minimum Gasteiger partial charge on any atom is -0.398 e. The zero-order valence-corrected chi connectivity index (χ0v) is 13.0. The predicted octanol–water partition coefficient (Wildman–Crippen LogP) is 4.27. The second-order valence-electron chi connectivity index (χ2n) is 4.17. The van der Waals surface area contributed by atoms with E-state index in [0.29, 0.717) is 6.42 Å². The Labute approximate surface area is 129 Å². The third-order valence-electron chi connectivity index (χ3n) is 2.79. The Bertz CT molecular complexity index is 634. The van der Waals surface area contributed by atoms with Crippen molar-refractivity contribution >= 4 is 39.1 Å². The van der Waals surface area contributed by atoms with Crippen molar-refractivity contribution in [2.75, 3.05) is 11.5 Å². The van der Waals surface area contributed by atoms with Crippen LogP contribution in [-0.4, -0.2) is 10.7 Å². The summed E-state index contributed by atoms with van der Waals surface area (Å²) in [6.07, 6.45) is 0.633. The van der Waals surface area contributed by atoms with E-state index in [-0.39, 0.29) is 10.6 Å². The average Bonchev–Trinajstić information content (AvgIpc) is 2.43. The monoisotopic (exact) mass is 352 g/mol. The molecule has 2 aromatic carbocycles. The molecular formula is C14H13BrN2O2S. The van der Waals surface area contributed by atoms with Crippen LogP contribution in [0.5, 0.6) is 0 Å². The first-order valence-corrected chi connectivity index (χ1v) is 7.76. The van der Waals surface area contributed by atoms with Crippen LogP contribution in [0.25, 0.3) is 0 Å². The van der Waals surface area contributed by atoms with Gasteiger partial charge in [-0.25, -0.2) is 0 Å². The number of rotatable bonds is 5. The molecule has 2 aromatic rings. The number of anilines is 1. The normalized spacial score (nSPS) is 10.4. The predicted molar refractivity (Wildman–Crippen MR) is 86.1 cm³/mol. The van der Waals surface area contributed by atoms with Gasteiger partial charge in [-0.2, -0.15) is 0 Å². The lowest BCUT2D eigenvalue weighted by molar-refractivity contribution is -0.385. The molecule has 0 radical (unpaired) electrons. The number of nitrogen functional groups attached to an aromatic ring is 1. The summed E-state index contributed by atoms with van der Waals surface area (Å²) < 4.78 is 0.972. The molecule has 0 spiro atoms. The van der Waals surface area contributed by atoms with Gasteiger partial charge in [-0.15, -0.1) is 11.8 Å². The van der Waals surface area contributed by atoms with E-state index < -0.39 is 0 Å². The molecule has 0 fully saturated rings. The highest BCUT2D eigenvalue weighted by Gasteiger charge is 2.12. The number of nitrogens with two attached hydrogens (primary N) is 1. The van der Waals surface area contributed by atoms with Gasteiger partial charge in [0, 0.05) is 32.4 Å². The van der Waals surface area contributed by atoms with E-state index in [1.807, 2.05) is 24.3 Å². The van der Waals surface area contributed by atoms with Crippen molar-refractivity contribution in [2.45, 2.75) is 11.3 Å². The molecule has 20 heavy (non-hydrogen) atoms. The standard InChI is InChI=1S/C14H13BrN2O2S/c15-11-5-6-12(16)14(9-11)20-8-7-10-3-1-2-4-13(10)17(18)19/h1-6,9H,7-8,16H2. The maximum absolute atomic E-state index is 10.9. The molecule has 104 valence electrons. The number of nitrogens with zero attached hydrogens (tertiary/aromatic N) is 1. The van der Waals surface area contributed by atoms with E-state index in [0.717, 1.165) is 26.4 Å². The van der Waals surface area contributed by atoms with Gasteiger partial charge in [0.2, 0.25) is 0 Å². The molecule has 4 nitrogen and oxygen atoms in total. The SMILES string of the molecule is Nc1ccc(Br)cc1SCCc1ccccc1[N+](=O)[O-]. The van der Waals surface area contributed by atoms with E-state index in [2.05, 4.69) is 15.9 Å². The Kier molecular flexibility index (Phi) is 5.03. The van der Waals surface area contributed by atoms with Crippen LogP contribution < -0.4 is 5.73 Å². The number of benzene rings is 2. The molecule has 0 saturated heterocycles. The minimum absolute atomic E-state index is 0.176. The van der Waals surface area contributed by atoms with E-state index in [1.165, 1.54) is 6.07 Å². The summed E-state index contributed by atoms with van der Waals surface area (Å²) in [7, 11) is 0. The third-order valence-corrected chi connectivity index (χ3v) is 4.36. The summed E-state index contributed by atoms with van der Waals surface area (Å²) in [5, 5.41) is 10.9. The topological polar surface area (TPSA) is 69.2 Å². The maximum Gasteiger partial charge on any atom is 0.272 e. The molecule has 0 amide bonds. The molecule has 0 aromatic heterocycles. The lowest BCUT2D eigenvalue weighted by Gasteiger charge is -2.06. The Morgan fingerprint density at radius 3 is 2.75 bits per heavy atom. The largest absolute Gasteiger partial charge is 0.398 e. The number of nitro groups is 1. The summed E-state index contributed by atoms with van der Waals surface area (Å²) in [6, 6.07) is 12.5. The first kappa shape index (κ1) is 14.9. The molecule has 0 heterocycles. The number of hydrogen-bond acceptors (Lipinski definition) is 4. The van der Waals surface area contributed by atoms with Gasteiger partial charge in [-0.1, -0.05) is 34.1 Å². The van der Waals surface area contributed by atoms with Crippen LogP contribution in [0.4, 0.5) is 11.4 Å². The van der Waals surface area contributed by atoms with Crippen LogP contribution in [0.1, 0.15) is 5.56 Å². The molecule has 0 bridgehead atoms. The molecule has 0 unspecified atom stereocenters. The Morgan fingerprint density at radius 2 is 2.00 bits per heavy atom. The second kappa shape index (κ2) is 6.76. The van der Waals surface area contributed by atoms with Crippen LogP contribution in [0.3, 0.4) is 0 Å². The van der Waals surface area contributed by atoms with Gasteiger partial charge in [-0.3, -0.25) is 10.1 Å². The summed E-state index contributed by atoms with van der Waals surface area (Å²) >= 11 is 5.00. The molecule has 6 heteroatoms. The highest BCUT2D eigenvalue weighted by Crippen LogP contribution is 2.29. The van der Waals surface area contributed by atoms with Crippen LogP contribution >= 0.6 is 27.7 Å². The summed E-state index contributed by atoms with van der Waals surface area (Å²) in [4.78, 5) is 11.6. The molecule has 0 aliphatic heterocycles. The smallest absolute Gasteiger partial charge is 0.272 e. The lowest BCUT2D eigenvalue weighted by atomic mass is 10.1. The molecule has 0 aliphatic rings. The molecular weight excluding hydrogens is 340 g/mol. The number of halogens is 1. The fourth-order valence-corrected chi connectivity index (χ4v) is 3.30. The number of aryl methyl sites for hydroxylation is 1. The molecule has 0 aliphatic carbocycles. The summed E-state index contributed by atoms with van der Waals surface area (Å²) in [5.41, 5.74) is 7.54. The second-order valence-corrected chi connectivity index (χ2v) is 6.22. The first-order valence-electron chi connectivity index (χ1n) is 5.98. The van der Waals surface area contributed by atoms with Crippen molar-refractivity contribution in [1.29, 1.82) is 0 Å². The van der Waals surface area contributed by atoms with Crippen LogP contribution in [0.2, 0.25) is 0 Å². The van der Waals surface area contributed by atoms with E-state index in [1.54, 1.807) is 23.9 Å². The highest BCUT2D eigenvalue weighted by molar-refractivity contribution is 9.10. The Balaban J connectivity index is 2.03. The molecule has 0 saturated carbocycles. The van der Waals surface area contributed by atoms with Crippen molar-refractivity contribution in [3.63, 3.8) is 0 Å². The van der Waals surface area contributed by atoms with Crippen molar-refractivity contribution < 1.29 is 4.92 Å². The average molecular weight is 353 g/mol. The Hall–Kier alpha value is -1.53. The number of nitro benzene ring substituents is 1. The van der Waals surface area contributed by atoms with Gasteiger partial charge in [0.05, 0.1) is 4.92 Å². The van der Waals surface area contributed by atoms with Gasteiger partial charge in [0.25, 0.3) is 5.69 Å². The zero-order valence-electron chi connectivity index (χ0n) is 10.6. The minimum atomic E-state index is -0.340. The maximum atomic E-state index is 10.9. The number of thioether (sulfide) groups is 1. The third kappa shape index (κ3) is 3.74. The summed E-state index contributed by atoms with van der Waals surface area (Å²) in [6.45, 7) is 0. The van der Waals surface area contributed by atoms with Gasteiger partial charge >= 0.3 is 0 Å². The van der Waals surface area contributed by atoms with Gasteiger partial charge < -0.3 is 5.73 Å². The first-order chi connectivity index (χ1) is 9.58. The van der Waals surface area contributed by atoms with Crippen LogP contribution in [0, 0.1) is 10.1 Å². The van der Waals surface area contributed by atoms with Gasteiger partial charge in [0.15, 0.2) is 0 Å². The fraction of sp³-hybridized carbons (Fsp3) is 0.143. The van der Waals surface area contributed by atoms with Crippen molar-refractivity contribution in [1.82, 2.24) is 0 Å². The molecule has 2 rings (SSSR count). The van der Waals surface area contributed by atoms with Crippen molar-refractivity contribution in [2.24, 2.45) is 0 Å². The van der Waals surface area contributed by atoms with Crippen LogP contribution in [-0.2, 0) is 6.42 Å². The lowest BCUT2D eigenvalue weighted by Crippen LogP contribution is -1.97. The van der Waals surface area contributed by atoms with E-state index >= 15 is 0 Å². The quantitative estimate of drug-likeness (QED) is 0.377. The zero-order chi connectivity index (χ0) is 14.5. The molecule has 2 N–H and O–H groups in total. The fourth-order valence-electron chi connectivity index (χ4n) is 1.80. The van der Waals surface area contributed by atoms with Crippen molar-refractivity contribution in [3.05, 3.63) is 62.6 Å². The highest BCUT2D eigenvalue weighted by atomic mass is 79.9. The van der Waals surface area contributed by atoms with E-state index in [9.17, 15) is 10.1 Å². The summed E-state index contributed by atoms with van der Waals surface area (Å²) in [5.74, 6) is 0.742. The van der Waals surface area contributed by atoms with E-state index in [4.69, 9.17) is 5.73 Å². The van der Waals surface area contributed by atoms with Gasteiger partial charge in [-0.05, 0) is 24.6 Å². The number of para-hydroxylation sites is 1. The van der Waals surface area contributed by atoms with Gasteiger partial charge in [0.1, 0.15) is 0 Å². The Morgan fingerprint density at radius 1 is 1.25 bits per heavy atom. The molecule has 0 atom stereocenters. The van der Waals surface area contributed by atoms with Crippen molar-refractivity contribution in [3.8, 4) is 0 Å². The number of hydrogen-bond donors (Lipinski definition) is 1. The van der Waals surface area contributed by atoms with Crippen LogP contribution in [0.15, 0.2) is 51.8 Å².